The molecule has 0 spiro atoms. The Labute approximate surface area is 174 Å². The van der Waals surface area contributed by atoms with Gasteiger partial charge in [0.25, 0.3) is 0 Å². The zero-order valence-corrected chi connectivity index (χ0v) is 18.0. The summed E-state index contributed by atoms with van der Waals surface area (Å²) in [5, 5.41) is 17.3. The van der Waals surface area contributed by atoms with Crippen molar-refractivity contribution in [3.63, 3.8) is 0 Å². The first-order valence-electron chi connectivity index (χ1n) is 9.39. The molecule has 0 saturated carbocycles. The van der Waals surface area contributed by atoms with Crippen LogP contribution in [0, 0.1) is 5.92 Å². The summed E-state index contributed by atoms with van der Waals surface area (Å²) >= 11 is 0. The number of rotatable bonds is 5. The van der Waals surface area contributed by atoms with E-state index in [0.717, 1.165) is 44.7 Å². The highest BCUT2D eigenvalue weighted by Gasteiger charge is 2.39. The molecule has 2 N–H and O–H groups in total. The summed E-state index contributed by atoms with van der Waals surface area (Å²) in [4.78, 5) is 17.5. The van der Waals surface area contributed by atoms with Crippen LogP contribution in [0.25, 0.3) is 0 Å². The molecule has 1 amide bonds. The van der Waals surface area contributed by atoms with Crippen molar-refractivity contribution in [2.24, 2.45) is 13.0 Å². The van der Waals surface area contributed by atoms with Gasteiger partial charge in [-0.2, -0.15) is 5.10 Å². The summed E-state index contributed by atoms with van der Waals surface area (Å²) in [5.41, 5.74) is 1.14. The maximum Gasteiger partial charge on any atom is 0.227 e. The largest absolute Gasteiger partial charge is 0.392 e. The number of nitrogens with one attached hydrogen (secondary N) is 1. The number of aryl methyl sites for hydroxylation is 1. The number of aromatic nitrogens is 2. The molecule has 2 unspecified atom stereocenters. The van der Waals surface area contributed by atoms with Crippen molar-refractivity contribution in [2.45, 2.75) is 38.3 Å². The third-order valence-corrected chi connectivity index (χ3v) is 5.57. The monoisotopic (exact) mass is 421 g/mol. The van der Waals surface area contributed by atoms with Gasteiger partial charge in [-0.15, -0.1) is 24.8 Å². The molecule has 3 heterocycles. The van der Waals surface area contributed by atoms with Crippen molar-refractivity contribution < 1.29 is 9.90 Å². The van der Waals surface area contributed by atoms with Crippen molar-refractivity contribution in [1.29, 1.82) is 0 Å². The number of aliphatic hydroxyl groups excluding tert-OH is 1. The van der Waals surface area contributed by atoms with Crippen LogP contribution in [0.1, 0.15) is 31.7 Å². The lowest BCUT2D eigenvalue weighted by Gasteiger charge is -2.42. The molecule has 4 atom stereocenters. The van der Waals surface area contributed by atoms with Crippen molar-refractivity contribution in [3.8, 4) is 0 Å². The molecule has 156 valence electrons. The predicted octanol–water partition coefficient (Wildman–Crippen LogP) is 0.870. The van der Waals surface area contributed by atoms with Gasteiger partial charge in [-0.1, -0.05) is 6.92 Å². The van der Waals surface area contributed by atoms with Crippen LogP contribution in [-0.2, 0) is 11.8 Å². The summed E-state index contributed by atoms with van der Waals surface area (Å²) in [6.45, 7) is 8.59. The van der Waals surface area contributed by atoms with Crippen LogP contribution in [0.3, 0.4) is 0 Å². The fourth-order valence-electron chi connectivity index (χ4n) is 4.21. The van der Waals surface area contributed by atoms with Crippen molar-refractivity contribution >= 4 is 30.7 Å². The van der Waals surface area contributed by atoms with Gasteiger partial charge in [0.2, 0.25) is 5.91 Å². The van der Waals surface area contributed by atoms with E-state index >= 15 is 0 Å². The second-order valence-corrected chi connectivity index (χ2v) is 7.51. The molecule has 2 aliphatic heterocycles. The van der Waals surface area contributed by atoms with Crippen LogP contribution in [0.5, 0.6) is 0 Å². The lowest BCUT2D eigenvalue weighted by molar-refractivity contribution is -0.138. The summed E-state index contributed by atoms with van der Waals surface area (Å²) in [5.74, 6) is 0.454. The first-order valence-corrected chi connectivity index (χ1v) is 9.39. The van der Waals surface area contributed by atoms with Crippen LogP contribution in [0.15, 0.2) is 12.4 Å². The first-order chi connectivity index (χ1) is 12.0. The SMILES string of the molecule is CCC1CN(C(=O)[C@H]2CNC[C@@H]2c2cnn(C)c2)CCN1CC(C)O.Cl.Cl. The minimum absolute atomic E-state index is 0. The average Bonchev–Trinajstić information content (AvgIpc) is 3.22. The topological polar surface area (TPSA) is 73.6 Å². The van der Waals surface area contributed by atoms with Gasteiger partial charge in [0.05, 0.1) is 18.2 Å². The summed E-state index contributed by atoms with van der Waals surface area (Å²) in [7, 11) is 1.91. The van der Waals surface area contributed by atoms with Crippen molar-refractivity contribution in [1.82, 2.24) is 24.9 Å². The molecular formula is C18H33Cl2N5O2. The molecule has 3 rings (SSSR count). The predicted molar refractivity (Wildman–Crippen MR) is 111 cm³/mol. The van der Waals surface area contributed by atoms with Crippen LogP contribution >= 0.6 is 24.8 Å². The molecule has 0 aliphatic carbocycles. The second-order valence-electron chi connectivity index (χ2n) is 7.51. The Morgan fingerprint density at radius 1 is 1.37 bits per heavy atom. The summed E-state index contributed by atoms with van der Waals surface area (Å²) in [6, 6.07) is 0.332. The van der Waals surface area contributed by atoms with Gasteiger partial charge in [-0.25, -0.2) is 0 Å². The molecule has 1 aromatic heterocycles. The normalized spacial score (nSPS) is 27.0. The minimum atomic E-state index is -0.328. The third-order valence-electron chi connectivity index (χ3n) is 5.57. The maximum absolute atomic E-state index is 13.2. The van der Waals surface area contributed by atoms with Gasteiger partial charge in [0, 0.05) is 64.5 Å². The number of amides is 1. The van der Waals surface area contributed by atoms with Gasteiger partial charge < -0.3 is 15.3 Å². The average molecular weight is 422 g/mol. The second kappa shape index (κ2) is 10.6. The molecule has 2 saturated heterocycles. The number of carbonyl (C=O) groups excluding carboxylic acids is 1. The minimum Gasteiger partial charge on any atom is -0.392 e. The van der Waals surface area contributed by atoms with Crippen LogP contribution < -0.4 is 5.32 Å². The molecule has 7 nitrogen and oxygen atoms in total. The van der Waals surface area contributed by atoms with Crippen LogP contribution in [-0.4, -0.2) is 82.0 Å². The van der Waals surface area contributed by atoms with Gasteiger partial charge in [0.15, 0.2) is 0 Å². The van der Waals surface area contributed by atoms with E-state index in [-0.39, 0.29) is 48.7 Å². The van der Waals surface area contributed by atoms with Gasteiger partial charge >= 0.3 is 0 Å². The highest BCUT2D eigenvalue weighted by atomic mass is 35.5. The molecule has 1 aromatic rings. The van der Waals surface area contributed by atoms with Gasteiger partial charge in [-0.3, -0.25) is 14.4 Å². The number of carbonyl (C=O) groups is 1. The summed E-state index contributed by atoms with van der Waals surface area (Å²) in [6.07, 6.45) is 4.57. The van der Waals surface area contributed by atoms with E-state index < -0.39 is 0 Å². The molecule has 2 aliphatic rings. The fraction of sp³-hybridized carbons (Fsp3) is 0.778. The zero-order valence-electron chi connectivity index (χ0n) is 16.4. The molecule has 27 heavy (non-hydrogen) atoms. The van der Waals surface area contributed by atoms with E-state index in [1.165, 1.54) is 0 Å². The number of hydrogen-bond donors (Lipinski definition) is 2. The first kappa shape index (κ1) is 24.2. The van der Waals surface area contributed by atoms with Crippen molar-refractivity contribution in [2.75, 3.05) is 39.3 Å². The Morgan fingerprint density at radius 2 is 2.11 bits per heavy atom. The lowest BCUT2D eigenvalue weighted by Crippen LogP contribution is -2.57. The van der Waals surface area contributed by atoms with Crippen LogP contribution in [0.2, 0.25) is 0 Å². The quantitative estimate of drug-likeness (QED) is 0.737. The molecule has 9 heteroatoms. The Morgan fingerprint density at radius 3 is 2.70 bits per heavy atom. The van der Waals surface area contributed by atoms with E-state index in [0.29, 0.717) is 12.6 Å². The number of nitrogens with zero attached hydrogens (tertiary/aromatic N) is 4. The molecule has 2 fully saturated rings. The number of β-amino-alcohol motifs (C(OH)–C–C–N with tert-alkyl or cyclic N) is 1. The standard InChI is InChI=1S/C18H31N5O2.2ClH/c1-4-15-12-23(6-5-22(15)10-13(2)24)18(25)17-9-19-8-16(17)14-7-20-21(3)11-14;;/h7,11,13,15-17,19,24H,4-6,8-10,12H2,1-3H3;2*1H/t13?,15?,16-,17+;;/m1../s1. The Balaban J connectivity index is 0.00000182. The highest BCUT2D eigenvalue weighted by molar-refractivity contribution is 5.85. The zero-order chi connectivity index (χ0) is 18.0. The van der Waals surface area contributed by atoms with E-state index in [4.69, 9.17) is 0 Å². The maximum atomic E-state index is 13.2. The summed E-state index contributed by atoms with van der Waals surface area (Å²) < 4.78 is 1.80. The van der Waals surface area contributed by atoms with Crippen LogP contribution in [0.4, 0.5) is 0 Å². The van der Waals surface area contributed by atoms with E-state index in [1.54, 1.807) is 4.68 Å². The van der Waals surface area contributed by atoms with E-state index in [1.807, 2.05) is 31.3 Å². The molecular weight excluding hydrogens is 389 g/mol. The third kappa shape index (κ3) is 5.57. The van der Waals surface area contributed by atoms with Crippen molar-refractivity contribution in [3.05, 3.63) is 18.0 Å². The Bertz CT molecular complexity index is 598. The number of halogens is 2. The lowest BCUT2D eigenvalue weighted by atomic mass is 9.89. The Kier molecular flexibility index (Phi) is 9.51. The Hall–Kier alpha value is -0.860. The number of piperazine rings is 1. The van der Waals surface area contributed by atoms with E-state index in [9.17, 15) is 9.90 Å². The van der Waals surface area contributed by atoms with Gasteiger partial charge in [-0.05, 0) is 18.9 Å². The fourth-order valence-corrected chi connectivity index (χ4v) is 4.21. The smallest absolute Gasteiger partial charge is 0.227 e. The van der Waals surface area contributed by atoms with Gasteiger partial charge in [0.1, 0.15) is 0 Å². The molecule has 0 bridgehead atoms. The van der Waals surface area contributed by atoms with E-state index in [2.05, 4.69) is 22.2 Å². The molecule has 0 radical (unpaired) electrons. The number of hydrogen-bond acceptors (Lipinski definition) is 5. The molecule has 0 aromatic carbocycles. The number of aliphatic hydroxyl groups is 1. The highest BCUT2D eigenvalue weighted by Crippen LogP contribution is 2.30.